The van der Waals surface area contributed by atoms with Crippen molar-refractivity contribution < 1.29 is 18.0 Å². The van der Waals surface area contributed by atoms with Crippen molar-refractivity contribution in [3.8, 4) is 0 Å². The summed E-state index contributed by atoms with van der Waals surface area (Å²) in [4.78, 5) is 24.6. The lowest BCUT2D eigenvalue weighted by Crippen LogP contribution is -2.41. The summed E-state index contributed by atoms with van der Waals surface area (Å²) in [6.07, 6.45) is 2.77. The Balaban J connectivity index is 1.41. The predicted octanol–water partition coefficient (Wildman–Crippen LogP) is 3.31. The summed E-state index contributed by atoms with van der Waals surface area (Å²) in [5.41, 5.74) is 3.36. The molecule has 8 heteroatoms. The van der Waals surface area contributed by atoms with Gasteiger partial charge in [-0.05, 0) is 74.1 Å². The van der Waals surface area contributed by atoms with Gasteiger partial charge >= 0.3 is 0 Å². The van der Waals surface area contributed by atoms with E-state index in [1.807, 2.05) is 31.2 Å². The number of nitrogens with zero attached hydrogens (tertiary/aromatic N) is 1. The quantitative estimate of drug-likeness (QED) is 0.761. The highest BCUT2D eigenvalue weighted by molar-refractivity contribution is 7.89. The molecule has 0 spiro atoms. The number of rotatable bonds is 4. The molecule has 2 aromatic rings. The molecule has 1 saturated heterocycles. The number of piperidine rings is 1. The van der Waals surface area contributed by atoms with Gasteiger partial charge in [0.15, 0.2) is 0 Å². The molecule has 164 valence electrons. The van der Waals surface area contributed by atoms with Gasteiger partial charge in [0, 0.05) is 36.8 Å². The number of hydrogen-bond acceptors (Lipinski definition) is 4. The van der Waals surface area contributed by atoms with E-state index in [2.05, 4.69) is 10.6 Å². The maximum absolute atomic E-state index is 13.2. The molecule has 4 rings (SSSR count). The first kappa shape index (κ1) is 21.5. The molecule has 0 radical (unpaired) electrons. The Labute approximate surface area is 182 Å². The van der Waals surface area contributed by atoms with E-state index in [-0.39, 0.29) is 22.6 Å². The molecule has 2 N–H and O–H groups in total. The molecule has 0 aromatic heterocycles. The Hall–Kier alpha value is -2.71. The number of fused-ring (bicyclic) bond motifs is 1. The van der Waals surface area contributed by atoms with Crippen molar-refractivity contribution >= 4 is 33.2 Å². The van der Waals surface area contributed by atoms with E-state index in [1.165, 1.54) is 4.31 Å². The van der Waals surface area contributed by atoms with Crippen LogP contribution in [0, 0.1) is 12.8 Å². The van der Waals surface area contributed by atoms with Crippen LogP contribution < -0.4 is 10.6 Å². The van der Waals surface area contributed by atoms with Gasteiger partial charge in [-0.3, -0.25) is 9.59 Å². The van der Waals surface area contributed by atoms with E-state index in [4.69, 9.17) is 0 Å². The largest absolute Gasteiger partial charge is 0.326 e. The molecule has 0 bridgehead atoms. The Morgan fingerprint density at radius 2 is 1.87 bits per heavy atom. The van der Waals surface area contributed by atoms with E-state index < -0.39 is 10.0 Å². The second-order valence-corrected chi connectivity index (χ2v) is 10.2. The first-order valence-electron chi connectivity index (χ1n) is 10.6. The number of aryl methyl sites for hydroxylation is 2. The van der Waals surface area contributed by atoms with E-state index in [0.717, 1.165) is 16.8 Å². The number of carbonyl (C=O) groups is 2. The van der Waals surface area contributed by atoms with Crippen molar-refractivity contribution in [1.82, 2.24) is 4.31 Å². The van der Waals surface area contributed by atoms with Crippen LogP contribution in [0.2, 0.25) is 0 Å². The zero-order valence-electron chi connectivity index (χ0n) is 17.6. The molecule has 2 amide bonds. The van der Waals surface area contributed by atoms with Gasteiger partial charge in [-0.25, -0.2) is 8.42 Å². The lowest BCUT2D eigenvalue weighted by atomic mass is 9.97. The number of amides is 2. The van der Waals surface area contributed by atoms with Gasteiger partial charge in [-0.15, -0.1) is 0 Å². The third-order valence-corrected chi connectivity index (χ3v) is 7.84. The zero-order valence-corrected chi connectivity index (χ0v) is 18.4. The number of carbonyl (C=O) groups excluding carboxylic acids is 2. The smallest absolute Gasteiger partial charge is 0.243 e. The van der Waals surface area contributed by atoms with Crippen molar-refractivity contribution in [2.45, 2.75) is 43.9 Å². The number of sulfonamides is 1. The minimum atomic E-state index is -3.65. The van der Waals surface area contributed by atoms with Crippen LogP contribution in [0.25, 0.3) is 0 Å². The van der Waals surface area contributed by atoms with Gasteiger partial charge in [-0.2, -0.15) is 4.31 Å². The maximum atomic E-state index is 13.2. The van der Waals surface area contributed by atoms with Gasteiger partial charge in [0.1, 0.15) is 0 Å². The first-order valence-corrected chi connectivity index (χ1v) is 12.1. The molecule has 2 aromatic carbocycles. The molecule has 2 aliphatic heterocycles. The third kappa shape index (κ3) is 4.80. The summed E-state index contributed by atoms with van der Waals surface area (Å²) in [7, 11) is -3.65. The van der Waals surface area contributed by atoms with Crippen LogP contribution in [-0.4, -0.2) is 37.6 Å². The van der Waals surface area contributed by atoms with Crippen molar-refractivity contribution in [3.05, 3.63) is 53.6 Å². The Bertz CT molecular complexity index is 1110. The molecular formula is C23H27N3O4S. The lowest BCUT2D eigenvalue weighted by molar-refractivity contribution is -0.121. The average molecular weight is 442 g/mol. The fourth-order valence-electron chi connectivity index (χ4n) is 4.19. The minimum Gasteiger partial charge on any atom is -0.326 e. The van der Waals surface area contributed by atoms with Crippen molar-refractivity contribution in [2.75, 3.05) is 23.7 Å². The van der Waals surface area contributed by atoms with Crippen molar-refractivity contribution in [3.63, 3.8) is 0 Å². The topological polar surface area (TPSA) is 95.6 Å². The molecule has 7 nitrogen and oxygen atoms in total. The molecule has 2 aliphatic rings. The number of hydrogen-bond donors (Lipinski definition) is 2. The number of benzene rings is 2. The summed E-state index contributed by atoms with van der Waals surface area (Å²) < 4.78 is 27.8. The number of anilines is 2. The van der Waals surface area contributed by atoms with E-state index in [0.29, 0.717) is 50.9 Å². The van der Waals surface area contributed by atoms with Crippen LogP contribution in [0.1, 0.15) is 36.8 Å². The van der Waals surface area contributed by atoms with Crippen molar-refractivity contribution in [2.24, 2.45) is 5.92 Å². The molecular weight excluding hydrogens is 414 g/mol. The summed E-state index contributed by atoms with van der Waals surface area (Å²) >= 11 is 0. The summed E-state index contributed by atoms with van der Waals surface area (Å²) in [5.74, 6) is -0.321. The SMILES string of the molecule is Cc1cccc(NC(=O)C2CCN(S(=O)(=O)c3ccc4c(c3)CCCC(=O)N4)CC2)c1. The monoisotopic (exact) mass is 441 g/mol. The van der Waals surface area contributed by atoms with E-state index in [9.17, 15) is 18.0 Å². The normalized spacial score (nSPS) is 18.0. The van der Waals surface area contributed by atoms with Crippen LogP contribution in [0.3, 0.4) is 0 Å². The lowest BCUT2D eigenvalue weighted by Gasteiger charge is -2.30. The fraction of sp³-hybridized carbons (Fsp3) is 0.391. The Kier molecular flexibility index (Phi) is 6.11. The van der Waals surface area contributed by atoms with Gasteiger partial charge in [0.25, 0.3) is 0 Å². The van der Waals surface area contributed by atoms with Crippen LogP contribution in [0.5, 0.6) is 0 Å². The highest BCUT2D eigenvalue weighted by Gasteiger charge is 2.32. The van der Waals surface area contributed by atoms with Crippen LogP contribution in [0.4, 0.5) is 11.4 Å². The highest BCUT2D eigenvalue weighted by Crippen LogP contribution is 2.29. The van der Waals surface area contributed by atoms with Crippen LogP contribution in [0.15, 0.2) is 47.4 Å². The molecule has 0 aliphatic carbocycles. The fourth-order valence-corrected chi connectivity index (χ4v) is 5.71. The van der Waals surface area contributed by atoms with Crippen molar-refractivity contribution in [1.29, 1.82) is 0 Å². The minimum absolute atomic E-state index is 0.0413. The van der Waals surface area contributed by atoms with E-state index in [1.54, 1.807) is 18.2 Å². The summed E-state index contributed by atoms with van der Waals surface area (Å²) in [6, 6.07) is 12.5. The first-order chi connectivity index (χ1) is 14.8. The Morgan fingerprint density at radius 3 is 2.61 bits per heavy atom. The highest BCUT2D eigenvalue weighted by atomic mass is 32.2. The predicted molar refractivity (Wildman–Crippen MR) is 119 cm³/mol. The molecule has 0 unspecified atom stereocenters. The van der Waals surface area contributed by atoms with Crippen LogP contribution >= 0.6 is 0 Å². The Morgan fingerprint density at radius 1 is 1.10 bits per heavy atom. The average Bonchev–Trinajstić information content (AvgIpc) is 2.93. The number of nitrogens with one attached hydrogen (secondary N) is 2. The van der Waals surface area contributed by atoms with Crippen LogP contribution in [-0.2, 0) is 26.0 Å². The second-order valence-electron chi connectivity index (χ2n) is 8.26. The summed E-state index contributed by atoms with van der Waals surface area (Å²) in [6.45, 7) is 2.58. The van der Waals surface area contributed by atoms with E-state index >= 15 is 0 Å². The molecule has 1 fully saturated rings. The van der Waals surface area contributed by atoms with Gasteiger partial charge in [0.2, 0.25) is 21.8 Å². The standard InChI is InChI=1S/C23H27N3O4S/c1-16-4-2-6-19(14-16)24-23(28)17-10-12-26(13-11-17)31(29,30)20-8-9-21-18(15-20)5-3-7-22(27)25-21/h2,4,6,8-9,14-15,17H,3,5,7,10-13H2,1H3,(H,24,28)(H,25,27). The van der Waals surface area contributed by atoms with Gasteiger partial charge in [-0.1, -0.05) is 12.1 Å². The molecule has 31 heavy (non-hydrogen) atoms. The molecule has 0 saturated carbocycles. The third-order valence-electron chi connectivity index (χ3n) is 5.95. The molecule has 0 atom stereocenters. The van der Waals surface area contributed by atoms with Gasteiger partial charge in [0.05, 0.1) is 4.90 Å². The van der Waals surface area contributed by atoms with Gasteiger partial charge < -0.3 is 10.6 Å². The molecule has 2 heterocycles. The summed E-state index contributed by atoms with van der Waals surface area (Å²) in [5, 5.41) is 5.77. The zero-order chi connectivity index (χ0) is 22.0. The second kappa shape index (κ2) is 8.80. The maximum Gasteiger partial charge on any atom is 0.243 e.